The Labute approximate surface area is 110 Å². The van der Waals surface area contributed by atoms with Gasteiger partial charge in [-0.05, 0) is 18.1 Å². The van der Waals surface area contributed by atoms with Gasteiger partial charge in [0.1, 0.15) is 5.01 Å². The van der Waals surface area contributed by atoms with E-state index < -0.39 is 0 Å². The Hall–Kier alpha value is -1.75. The molecule has 0 atom stereocenters. The average Bonchev–Trinajstić information content (AvgIpc) is 2.86. The third kappa shape index (κ3) is 2.73. The van der Waals surface area contributed by atoms with Gasteiger partial charge >= 0.3 is 5.97 Å². The average molecular weight is 262 g/mol. The number of hydrogen-bond donors (Lipinski definition) is 0. The van der Waals surface area contributed by atoms with Gasteiger partial charge in [0.2, 0.25) is 0 Å². The fourth-order valence-corrected chi connectivity index (χ4v) is 2.53. The zero-order chi connectivity index (χ0) is 13.0. The maximum atomic E-state index is 11.2. The number of nitrogens with zero attached hydrogens (tertiary/aromatic N) is 2. The van der Waals surface area contributed by atoms with Crippen molar-refractivity contribution >= 4 is 17.3 Å². The van der Waals surface area contributed by atoms with E-state index in [0.717, 1.165) is 28.2 Å². The molecule has 94 valence electrons. The van der Waals surface area contributed by atoms with Gasteiger partial charge in [0.15, 0.2) is 0 Å². The van der Waals surface area contributed by atoms with E-state index in [-0.39, 0.29) is 12.4 Å². The fourth-order valence-electron chi connectivity index (χ4n) is 1.65. The van der Waals surface area contributed by atoms with Gasteiger partial charge in [-0.2, -0.15) is 0 Å². The number of carbonyl (C=O) groups is 1. The number of hydrogen-bond acceptors (Lipinski definition) is 5. The number of ether oxygens (including phenoxy) is 1. The van der Waals surface area contributed by atoms with Crippen LogP contribution >= 0.6 is 11.3 Å². The van der Waals surface area contributed by atoms with Gasteiger partial charge in [0.05, 0.1) is 19.2 Å². The van der Waals surface area contributed by atoms with Crippen LogP contribution in [0.25, 0.3) is 10.6 Å². The zero-order valence-corrected chi connectivity index (χ0v) is 11.2. The van der Waals surface area contributed by atoms with Crippen molar-refractivity contribution in [2.24, 2.45) is 0 Å². The van der Waals surface area contributed by atoms with E-state index in [4.69, 9.17) is 0 Å². The monoisotopic (exact) mass is 262 g/mol. The molecule has 0 aliphatic rings. The van der Waals surface area contributed by atoms with Gasteiger partial charge in [0.25, 0.3) is 0 Å². The molecule has 0 aromatic carbocycles. The molecule has 2 aromatic heterocycles. The molecule has 0 amide bonds. The molecule has 18 heavy (non-hydrogen) atoms. The van der Waals surface area contributed by atoms with Crippen LogP contribution in [0.4, 0.5) is 0 Å². The number of aryl methyl sites for hydroxylation is 1. The molecule has 0 saturated carbocycles. The van der Waals surface area contributed by atoms with Gasteiger partial charge in [-0.3, -0.25) is 9.78 Å². The minimum Gasteiger partial charge on any atom is -0.469 e. The fraction of sp³-hybridized carbons (Fsp3) is 0.308. The number of esters is 1. The number of carbonyl (C=O) groups excluding carboxylic acids is 1. The molecule has 4 nitrogen and oxygen atoms in total. The maximum absolute atomic E-state index is 11.2. The number of rotatable bonds is 4. The molecular weight excluding hydrogens is 248 g/mol. The lowest BCUT2D eigenvalue weighted by Gasteiger charge is -2.02. The quantitative estimate of drug-likeness (QED) is 0.794. The molecule has 2 heterocycles. The highest BCUT2D eigenvalue weighted by Gasteiger charge is 2.11. The number of methoxy groups -OCH3 is 1. The molecule has 0 saturated heterocycles. The topological polar surface area (TPSA) is 52.1 Å². The van der Waals surface area contributed by atoms with Crippen LogP contribution in [0.1, 0.15) is 18.2 Å². The van der Waals surface area contributed by atoms with Gasteiger partial charge in [-0.1, -0.05) is 6.92 Å². The van der Waals surface area contributed by atoms with Crippen molar-refractivity contribution in [3.63, 3.8) is 0 Å². The van der Waals surface area contributed by atoms with Crippen LogP contribution in [-0.4, -0.2) is 23.0 Å². The van der Waals surface area contributed by atoms with Crippen LogP contribution in [0.15, 0.2) is 23.8 Å². The molecule has 0 bridgehead atoms. The van der Waals surface area contributed by atoms with E-state index in [0.29, 0.717) is 0 Å². The lowest BCUT2D eigenvalue weighted by molar-refractivity contribution is -0.139. The van der Waals surface area contributed by atoms with Crippen molar-refractivity contribution < 1.29 is 9.53 Å². The third-order valence-electron chi connectivity index (χ3n) is 2.62. The highest BCUT2D eigenvalue weighted by molar-refractivity contribution is 7.13. The highest BCUT2D eigenvalue weighted by Crippen LogP contribution is 2.27. The maximum Gasteiger partial charge on any atom is 0.311 e. The number of thiazole rings is 1. The van der Waals surface area contributed by atoms with Crippen LogP contribution < -0.4 is 0 Å². The van der Waals surface area contributed by atoms with Crippen LogP contribution in [0.3, 0.4) is 0 Å². The lowest BCUT2D eigenvalue weighted by atomic mass is 10.1. The second-order valence-electron chi connectivity index (χ2n) is 3.78. The molecule has 0 unspecified atom stereocenters. The Kier molecular flexibility index (Phi) is 4.04. The summed E-state index contributed by atoms with van der Waals surface area (Å²) in [6.07, 6.45) is 4.75. The van der Waals surface area contributed by atoms with Crippen LogP contribution in [-0.2, 0) is 22.4 Å². The first-order chi connectivity index (χ1) is 8.74. The summed E-state index contributed by atoms with van der Waals surface area (Å²) in [5.74, 6) is -0.266. The molecular formula is C13H14N2O2S. The summed E-state index contributed by atoms with van der Waals surface area (Å²) in [5.41, 5.74) is 3.01. The Morgan fingerprint density at radius 3 is 3.06 bits per heavy atom. The molecule has 0 aliphatic heterocycles. The van der Waals surface area contributed by atoms with E-state index in [9.17, 15) is 4.79 Å². The van der Waals surface area contributed by atoms with Gasteiger partial charge < -0.3 is 4.74 Å². The standard InChI is InChI=1S/C13H14N2O2S/c1-3-9-7-14-5-4-11(9)13-15-10(8-18-13)6-12(16)17-2/h4-5,7-8H,3,6H2,1-2H3. The first-order valence-corrected chi connectivity index (χ1v) is 6.57. The van der Waals surface area contributed by atoms with E-state index in [2.05, 4.69) is 21.6 Å². The first-order valence-electron chi connectivity index (χ1n) is 5.69. The summed E-state index contributed by atoms with van der Waals surface area (Å²) in [4.78, 5) is 19.8. The van der Waals surface area contributed by atoms with Gasteiger partial charge in [-0.15, -0.1) is 11.3 Å². The highest BCUT2D eigenvalue weighted by atomic mass is 32.1. The largest absolute Gasteiger partial charge is 0.469 e. The van der Waals surface area contributed by atoms with Crippen molar-refractivity contribution in [3.8, 4) is 10.6 Å². The summed E-state index contributed by atoms with van der Waals surface area (Å²) in [7, 11) is 1.38. The van der Waals surface area contributed by atoms with Crippen molar-refractivity contribution in [3.05, 3.63) is 35.1 Å². The molecule has 2 aromatic rings. The minimum atomic E-state index is -0.266. The van der Waals surface area contributed by atoms with Crippen molar-refractivity contribution in [2.45, 2.75) is 19.8 Å². The summed E-state index contributed by atoms with van der Waals surface area (Å²) >= 11 is 1.54. The van der Waals surface area contributed by atoms with Gasteiger partial charge in [0, 0.05) is 23.3 Å². The Morgan fingerprint density at radius 2 is 2.33 bits per heavy atom. The molecule has 2 rings (SSSR count). The van der Waals surface area contributed by atoms with Crippen molar-refractivity contribution in [1.29, 1.82) is 0 Å². The van der Waals surface area contributed by atoms with E-state index >= 15 is 0 Å². The molecule has 0 fully saturated rings. The van der Waals surface area contributed by atoms with Gasteiger partial charge in [-0.25, -0.2) is 4.98 Å². The molecule has 0 spiro atoms. The third-order valence-corrected chi connectivity index (χ3v) is 3.54. The Balaban J connectivity index is 2.26. The Bertz CT molecular complexity index is 551. The second-order valence-corrected chi connectivity index (χ2v) is 4.64. The first kappa shape index (κ1) is 12.7. The molecule has 5 heteroatoms. The van der Waals surface area contributed by atoms with E-state index in [1.807, 2.05) is 17.6 Å². The van der Waals surface area contributed by atoms with Crippen LogP contribution in [0, 0.1) is 0 Å². The predicted molar refractivity (Wildman–Crippen MR) is 70.4 cm³/mol. The summed E-state index contributed by atoms with van der Waals surface area (Å²) in [6, 6.07) is 1.96. The summed E-state index contributed by atoms with van der Waals surface area (Å²) < 4.78 is 4.63. The lowest BCUT2D eigenvalue weighted by Crippen LogP contribution is -2.04. The SMILES string of the molecule is CCc1cnccc1-c1nc(CC(=O)OC)cs1. The van der Waals surface area contributed by atoms with Crippen molar-refractivity contribution in [2.75, 3.05) is 7.11 Å². The Morgan fingerprint density at radius 1 is 1.50 bits per heavy atom. The number of aromatic nitrogens is 2. The second kappa shape index (κ2) is 5.73. The minimum absolute atomic E-state index is 0.222. The predicted octanol–water partition coefficient (Wildman–Crippen LogP) is 2.48. The molecule has 0 N–H and O–H groups in total. The summed E-state index contributed by atoms with van der Waals surface area (Å²) in [5, 5.41) is 2.82. The molecule has 0 radical (unpaired) electrons. The van der Waals surface area contributed by atoms with Crippen LogP contribution in [0.5, 0.6) is 0 Å². The smallest absolute Gasteiger partial charge is 0.311 e. The normalized spacial score (nSPS) is 10.3. The van der Waals surface area contributed by atoms with E-state index in [1.54, 1.807) is 6.20 Å². The van der Waals surface area contributed by atoms with Crippen LogP contribution in [0.2, 0.25) is 0 Å². The number of pyridine rings is 1. The van der Waals surface area contributed by atoms with Crippen molar-refractivity contribution in [1.82, 2.24) is 9.97 Å². The summed E-state index contributed by atoms with van der Waals surface area (Å²) in [6.45, 7) is 2.09. The zero-order valence-electron chi connectivity index (χ0n) is 10.3. The van der Waals surface area contributed by atoms with E-state index in [1.165, 1.54) is 18.4 Å². The molecule has 0 aliphatic carbocycles.